The van der Waals surface area contributed by atoms with E-state index in [-0.39, 0.29) is 5.56 Å². The third-order valence-corrected chi connectivity index (χ3v) is 4.31. The summed E-state index contributed by atoms with van der Waals surface area (Å²) in [6.45, 7) is 2.58. The summed E-state index contributed by atoms with van der Waals surface area (Å²) in [5.41, 5.74) is 0.751. The molecule has 0 fully saturated rings. The molecule has 0 aliphatic rings. The molecule has 0 amide bonds. The van der Waals surface area contributed by atoms with Gasteiger partial charge in [-0.05, 0) is 43.4 Å². The molecule has 0 saturated carbocycles. The van der Waals surface area contributed by atoms with Crippen LogP contribution in [-0.2, 0) is 6.54 Å². The number of fused-ring (bicyclic) bond motifs is 1. The smallest absolute Gasteiger partial charge is 0.262 e. The zero-order chi connectivity index (χ0) is 13.4. The first kappa shape index (κ1) is 12.3. The number of hydrogen-bond donors (Lipinski definition) is 1. The van der Waals surface area contributed by atoms with Gasteiger partial charge in [0, 0.05) is 9.75 Å². The van der Waals surface area contributed by atoms with Gasteiger partial charge in [-0.15, -0.1) is 11.3 Å². The van der Waals surface area contributed by atoms with Crippen molar-refractivity contribution in [3.8, 4) is 0 Å². The fourth-order valence-electron chi connectivity index (χ4n) is 2.07. The molecule has 3 rings (SSSR count). The van der Waals surface area contributed by atoms with Gasteiger partial charge in [0.2, 0.25) is 0 Å². The third kappa shape index (κ3) is 2.27. The second kappa shape index (κ2) is 4.75. The number of aryl methyl sites for hydroxylation is 1. The highest BCUT2D eigenvalue weighted by Crippen LogP contribution is 2.16. The Morgan fingerprint density at radius 2 is 2.05 bits per heavy atom. The van der Waals surface area contributed by atoms with Crippen LogP contribution in [0.2, 0.25) is 0 Å². The first-order valence-electron chi connectivity index (χ1n) is 5.92. The minimum atomic E-state index is -0.0367. The first-order chi connectivity index (χ1) is 9.15. The van der Waals surface area contributed by atoms with E-state index in [1.54, 1.807) is 15.9 Å². The molecule has 1 N–H and O–H groups in total. The number of thiophene rings is 1. The van der Waals surface area contributed by atoms with Crippen LogP contribution in [0.15, 0.2) is 41.2 Å². The van der Waals surface area contributed by atoms with Gasteiger partial charge < -0.3 is 4.98 Å². The number of H-pyrrole nitrogens is 1. The minimum absolute atomic E-state index is 0.0367. The zero-order valence-electron chi connectivity index (χ0n) is 10.3. The van der Waals surface area contributed by atoms with Gasteiger partial charge in [0.25, 0.3) is 5.56 Å². The van der Waals surface area contributed by atoms with Gasteiger partial charge in [-0.3, -0.25) is 9.36 Å². The van der Waals surface area contributed by atoms with Crippen LogP contribution in [0.3, 0.4) is 0 Å². The van der Waals surface area contributed by atoms with Gasteiger partial charge in [0.05, 0.1) is 17.4 Å². The van der Waals surface area contributed by atoms with Crippen molar-refractivity contribution < 1.29 is 0 Å². The van der Waals surface area contributed by atoms with Crippen LogP contribution >= 0.6 is 23.6 Å². The Labute approximate surface area is 119 Å². The van der Waals surface area contributed by atoms with Crippen LogP contribution in [0, 0.1) is 11.7 Å². The molecule has 0 aliphatic carbocycles. The predicted octanol–water partition coefficient (Wildman–Crippen LogP) is 3.48. The SMILES string of the molecule is Cc1ccc(Cn2c(=S)[nH]c3ccccc3c2=O)s1. The fourth-order valence-corrected chi connectivity index (χ4v) is 3.21. The molecule has 0 atom stereocenters. The number of benzene rings is 1. The summed E-state index contributed by atoms with van der Waals surface area (Å²) >= 11 is 6.97. The molecule has 3 aromatic rings. The molecule has 0 saturated heterocycles. The lowest BCUT2D eigenvalue weighted by Crippen LogP contribution is -2.22. The maximum Gasteiger partial charge on any atom is 0.262 e. The Balaban J connectivity index is 2.18. The van der Waals surface area contributed by atoms with Crippen molar-refractivity contribution in [1.82, 2.24) is 9.55 Å². The van der Waals surface area contributed by atoms with Crippen LogP contribution < -0.4 is 5.56 Å². The molecular weight excluding hydrogens is 276 g/mol. The van der Waals surface area contributed by atoms with Crippen LogP contribution in [0.1, 0.15) is 9.75 Å². The third-order valence-electron chi connectivity index (χ3n) is 3.00. The quantitative estimate of drug-likeness (QED) is 0.733. The Bertz CT molecular complexity index is 857. The molecule has 0 radical (unpaired) electrons. The number of nitrogens with zero attached hydrogens (tertiary/aromatic N) is 1. The van der Waals surface area contributed by atoms with Crippen LogP contribution in [0.4, 0.5) is 0 Å². The average Bonchev–Trinajstić information content (AvgIpc) is 2.80. The van der Waals surface area contributed by atoms with E-state index in [4.69, 9.17) is 12.2 Å². The Morgan fingerprint density at radius 1 is 1.26 bits per heavy atom. The lowest BCUT2D eigenvalue weighted by atomic mass is 10.2. The van der Waals surface area contributed by atoms with E-state index < -0.39 is 0 Å². The standard InChI is InChI=1S/C14H12N2OS2/c1-9-6-7-10(19-9)8-16-13(17)11-4-2-3-5-12(11)15-14(16)18/h2-7H,8H2,1H3,(H,15,18). The number of para-hydroxylation sites is 1. The number of nitrogens with one attached hydrogen (secondary N) is 1. The van der Waals surface area contributed by atoms with Gasteiger partial charge in [0.1, 0.15) is 0 Å². The number of rotatable bonds is 2. The Kier molecular flexibility index (Phi) is 3.08. The molecule has 19 heavy (non-hydrogen) atoms. The Morgan fingerprint density at radius 3 is 2.79 bits per heavy atom. The van der Waals surface area contributed by atoms with Crippen molar-refractivity contribution in [2.75, 3.05) is 0 Å². The molecule has 1 aromatic carbocycles. The normalized spacial score (nSPS) is 11.0. The first-order valence-corrected chi connectivity index (χ1v) is 7.15. The van der Waals surface area contributed by atoms with Gasteiger partial charge in [-0.25, -0.2) is 0 Å². The van der Waals surface area contributed by atoms with Gasteiger partial charge in [-0.2, -0.15) is 0 Å². The molecule has 2 aromatic heterocycles. The molecule has 5 heteroatoms. The predicted molar refractivity (Wildman–Crippen MR) is 81.6 cm³/mol. The monoisotopic (exact) mass is 288 g/mol. The van der Waals surface area contributed by atoms with Gasteiger partial charge in [0.15, 0.2) is 4.77 Å². The van der Waals surface area contributed by atoms with Crippen molar-refractivity contribution in [3.63, 3.8) is 0 Å². The second-order valence-electron chi connectivity index (χ2n) is 4.38. The summed E-state index contributed by atoms with van der Waals surface area (Å²) in [7, 11) is 0. The van der Waals surface area contributed by atoms with Crippen molar-refractivity contribution in [1.29, 1.82) is 0 Å². The minimum Gasteiger partial charge on any atom is -0.332 e. The zero-order valence-corrected chi connectivity index (χ0v) is 12.0. The maximum atomic E-state index is 12.4. The van der Waals surface area contributed by atoms with E-state index in [1.807, 2.05) is 30.3 Å². The van der Waals surface area contributed by atoms with E-state index in [1.165, 1.54) is 4.88 Å². The van der Waals surface area contributed by atoms with Crippen LogP contribution in [-0.4, -0.2) is 9.55 Å². The molecule has 0 spiro atoms. The van der Waals surface area contributed by atoms with Crippen LogP contribution in [0.5, 0.6) is 0 Å². The lowest BCUT2D eigenvalue weighted by molar-refractivity contribution is 0.743. The summed E-state index contributed by atoms with van der Waals surface area (Å²) in [6, 6.07) is 11.5. The van der Waals surface area contributed by atoms with E-state index in [9.17, 15) is 4.79 Å². The van der Waals surface area contributed by atoms with E-state index >= 15 is 0 Å². The average molecular weight is 288 g/mol. The Hall–Kier alpha value is -1.72. The van der Waals surface area contributed by atoms with Crippen molar-refractivity contribution >= 4 is 34.5 Å². The molecular formula is C14H12N2OS2. The summed E-state index contributed by atoms with van der Waals surface area (Å²) in [6.07, 6.45) is 0. The summed E-state index contributed by atoms with van der Waals surface area (Å²) < 4.78 is 2.08. The summed E-state index contributed by atoms with van der Waals surface area (Å²) in [4.78, 5) is 17.9. The molecule has 0 bridgehead atoms. The highest BCUT2D eigenvalue weighted by molar-refractivity contribution is 7.71. The number of aromatic nitrogens is 2. The molecule has 0 unspecified atom stereocenters. The topological polar surface area (TPSA) is 37.8 Å². The van der Waals surface area contributed by atoms with Gasteiger partial charge >= 0.3 is 0 Å². The summed E-state index contributed by atoms with van der Waals surface area (Å²) in [5, 5.41) is 0.671. The van der Waals surface area contributed by atoms with Crippen molar-refractivity contribution in [2.45, 2.75) is 13.5 Å². The largest absolute Gasteiger partial charge is 0.332 e. The number of hydrogen-bond acceptors (Lipinski definition) is 3. The highest BCUT2D eigenvalue weighted by Gasteiger charge is 2.06. The fraction of sp³-hybridized carbons (Fsp3) is 0.143. The van der Waals surface area contributed by atoms with E-state index in [0.29, 0.717) is 16.7 Å². The van der Waals surface area contributed by atoms with Crippen molar-refractivity contribution in [3.05, 3.63) is 61.3 Å². The van der Waals surface area contributed by atoms with E-state index in [0.717, 1.165) is 10.4 Å². The lowest BCUT2D eigenvalue weighted by Gasteiger charge is -2.06. The van der Waals surface area contributed by atoms with Crippen LogP contribution in [0.25, 0.3) is 10.9 Å². The molecule has 96 valence electrons. The van der Waals surface area contributed by atoms with Crippen molar-refractivity contribution in [2.24, 2.45) is 0 Å². The molecule has 3 nitrogen and oxygen atoms in total. The highest BCUT2D eigenvalue weighted by atomic mass is 32.1. The maximum absolute atomic E-state index is 12.4. The summed E-state index contributed by atoms with van der Waals surface area (Å²) in [5.74, 6) is 0. The van der Waals surface area contributed by atoms with E-state index in [2.05, 4.69) is 18.0 Å². The van der Waals surface area contributed by atoms with Gasteiger partial charge in [-0.1, -0.05) is 12.1 Å². The second-order valence-corrected chi connectivity index (χ2v) is 6.14. The molecule has 2 heterocycles. The number of aromatic amines is 1. The molecule has 0 aliphatic heterocycles.